The molecule has 0 fully saturated rings. The van der Waals surface area contributed by atoms with Crippen molar-refractivity contribution in [1.29, 1.82) is 0 Å². The molecule has 0 aromatic carbocycles. The Hall–Kier alpha value is -0.520. The first-order chi connectivity index (χ1) is 8.83. The fraction of sp³-hybridized carbons (Fsp3) is 0.778. The molecule has 0 aliphatic carbocycles. The molecule has 0 saturated heterocycles. The lowest BCUT2D eigenvalue weighted by molar-refractivity contribution is 0.886. The van der Waals surface area contributed by atoms with E-state index in [1.54, 1.807) is 0 Å². The molecule has 0 saturated carbocycles. The zero-order chi connectivity index (χ0) is 16.8. The Morgan fingerprint density at radius 3 is 0.722 bits per heavy atom. The van der Waals surface area contributed by atoms with Crippen molar-refractivity contribution in [3.8, 4) is 0 Å². The molecule has 0 nitrogen and oxygen atoms in total. The number of hydrogen-bond acceptors (Lipinski definition) is 0. The van der Waals surface area contributed by atoms with Crippen molar-refractivity contribution in [1.82, 2.24) is 0 Å². The van der Waals surface area contributed by atoms with Gasteiger partial charge in [0.15, 0.2) is 0 Å². The van der Waals surface area contributed by atoms with Crippen LogP contribution in [0, 0.1) is 0 Å². The molecule has 0 aliphatic heterocycles. The average molecular weight is 263 g/mol. The molecule has 0 heteroatoms. The molecule has 0 spiro atoms. The first kappa shape index (κ1) is 43.2. The summed E-state index contributed by atoms with van der Waals surface area (Å²) in [5.74, 6) is 0. The Morgan fingerprint density at radius 1 is 0.611 bits per heavy atom. The minimum atomic E-state index is 1.08. The second-order valence-corrected chi connectivity index (χ2v) is 1.70. The minimum Gasteiger partial charge on any atom is -0.106 e. The molecule has 0 amide bonds. The van der Waals surface area contributed by atoms with Crippen LogP contribution in [0.1, 0.15) is 95.4 Å². The van der Waals surface area contributed by atoms with Crippen LogP contribution in [0.3, 0.4) is 0 Å². The second-order valence-electron chi connectivity index (χ2n) is 1.70. The Balaban J connectivity index is -0.0000000163. The van der Waals surface area contributed by atoms with Crippen molar-refractivity contribution >= 4 is 0 Å². The third kappa shape index (κ3) is 1480. The van der Waals surface area contributed by atoms with Crippen LogP contribution in [0.4, 0.5) is 0 Å². The van der Waals surface area contributed by atoms with Gasteiger partial charge in [0, 0.05) is 0 Å². The molecule has 0 atom stereocenters. The number of allylic oxidation sites excluding steroid dienone is 1. The van der Waals surface area contributed by atoms with E-state index in [-0.39, 0.29) is 0 Å². The van der Waals surface area contributed by atoms with E-state index in [1.165, 1.54) is 12.8 Å². The Kier molecular flexibility index (Phi) is 783. The van der Waals surface area contributed by atoms with Crippen LogP contribution < -0.4 is 0 Å². The first-order valence-corrected chi connectivity index (χ1v) is 7.94. The monoisotopic (exact) mass is 262 g/mol. The summed E-state index contributed by atoms with van der Waals surface area (Å²) >= 11 is 0. The van der Waals surface area contributed by atoms with Crippen molar-refractivity contribution < 1.29 is 0 Å². The Morgan fingerprint density at radius 2 is 0.722 bits per heavy atom. The van der Waals surface area contributed by atoms with Crippen LogP contribution in [-0.4, -0.2) is 0 Å². The van der Waals surface area contributed by atoms with E-state index in [9.17, 15) is 0 Å². The summed E-state index contributed by atoms with van der Waals surface area (Å²) < 4.78 is 0. The minimum absolute atomic E-state index is 1.08. The fourth-order valence-corrected chi connectivity index (χ4v) is 0. The summed E-state index contributed by atoms with van der Waals surface area (Å²) in [5, 5.41) is 0. The molecule has 18 heavy (non-hydrogen) atoms. The zero-order valence-corrected chi connectivity index (χ0v) is 15.8. The summed E-state index contributed by atoms with van der Waals surface area (Å²) in [6, 6.07) is 0. The van der Waals surface area contributed by atoms with Crippen molar-refractivity contribution in [2.75, 3.05) is 0 Å². The highest BCUT2D eigenvalue weighted by Crippen LogP contribution is 1.76. The first-order valence-electron chi connectivity index (χ1n) is 7.94. The lowest BCUT2D eigenvalue weighted by Gasteiger charge is -1.68. The van der Waals surface area contributed by atoms with E-state index in [1.807, 2.05) is 61.5 Å². The fourth-order valence-electron chi connectivity index (χ4n) is 0. The second kappa shape index (κ2) is 326. The van der Waals surface area contributed by atoms with Gasteiger partial charge in [-0.15, -0.1) is 19.7 Å². The molecule has 0 N–H and O–H groups in total. The third-order valence-corrected chi connectivity index (χ3v) is 0.789. The van der Waals surface area contributed by atoms with E-state index in [2.05, 4.69) is 40.5 Å². The highest BCUT2D eigenvalue weighted by molar-refractivity contribution is 4.60. The van der Waals surface area contributed by atoms with Gasteiger partial charge >= 0.3 is 0 Å². The predicted octanol–water partition coefficient (Wildman–Crippen LogP) is 8.30. The summed E-state index contributed by atoms with van der Waals surface area (Å²) in [5.41, 5.74) is 0. The maximum absolute atomic E-state index is 3.48. The Bertz CT molecular complexity index is 35.3. The van der Waals surface area contributed by atoms with E-state index >= 15 is 0 Å². The quantitative estimate of drug-likeness (QED) is 0.439. The van der Waals surface area contributed by atoms with Gasteiger partial charge in [-0.3, -0.25) is 0 Å². The van der Waals surface area contributed by atoms with Crippen LogP contribution in [0.2, 0.25) is 0 Å². The standard InChI is InChI=1S/C4H10.C4H8.4C2H6.C2H4/c2*1-3-4-2;5*1-2/h3-4H2,1-2H3;3H,1,4H2,2H3;4*1-2H3;1-2H2. The van der Waals surface area contributed by atoms with Crippen LogP contribution >= 0.6 is 0 Å². The zero-order valence-electron chi connectivity index (χ0n) is 15.8. The van der Waals surface area contributed by atoms with Gasteiger partial charge in [-0.1, -0.05) is 95.1 Å². The molecule has 0 aromatic heterocycles. The SMILES string of the molecule is C=C.C=CCC.CC.CC.CC.CC.CCCC. The summed E-state index contributed by atoms with van der Waals surface area (Å²) in [7, 11) is 0. The van der Waals surface area contributed by atoms with Gasteiger partial charge in [0.25, 0.3) is 0 Å². The number of hydrogen-bond donors (Lipinski definition) is 0. The third-order valence-electron chi connectivity index (χ3n) is 0.789. The normalized spacial score (nSPS) is 4.61. The molecule has 0 radical (unpaired) electrons. The van der Waals surface area contributed by atoms with Crippen LogP contribution in [0.25, 0.3) is 0 Å². The molecule has 118 valence electrons. The Labute approximate surface area is 122 Å². The molecule has 0 bridgehead atoms. The molecular weight excluding hydrogens is 216 g/mol. The van der Waals surface area contributed by atoms with Crippen LogP contribution in [0.15, 0.2) is 25.8 Å². The predicted molar refractivity (Wildman–Crippen MR) is 97.7 cm³/mol. The van der Waals surface area contributed by atoms with E-state index in [0.29, 0.717) is 0 Å². The highest BCUT2D eigenvalue weighted by Gasteiger charge is 1.56. The van der Waals surface area contributed by atoms with E-state index < -0.39 is 0 Å². The van der Waals surface area contributed by atoms with Crippen LogP contribution in [-0.2, 0) is 0 Å². The largest absolute Gasteiger partial charge is 0.106 e. The van der Waals surface area contributed by atoms with Crippen molar-refractivity contribution in [3.05, 3.63) is 25.8 Å². The van der Waals surface area contributed by atoms with Crippen molar-refractivity contribution in [2.24, 2.45) is 0 Å². The summed E-state index contributed by atoms with van der Waals surface area (Å²) in [4.78, 5) is 0. The molecule has 0 rings (SSSR count). The topological polar surface area (TPSA) is 0 Å². The van der Waals surface area contributed by atoms with E-state index in [4.69, 9.17) is 0 Å². The van der Waals surface area contributed by atoms with Crippen molar-refractivity contribution in [2.45, 2.75) is 95.4 Å². The molecule has 0 aromatic rings. The van der Waals surface area contributed by atoms with Gasteiger partial charge in [0.1, 0.15) is 0 Å². The van der Waals surface area contributed by atoms with Gasteiger partial charge in [0.2, 0.25) is 0 Å². The summed E-state index contributed by atoms with van der Waals surface area (Å²) in [6.07, 6.45) is 5.60. The molecule has 0 aliphatic rings. The van der Waals surface area contributed by atoms with Crippen LogP contribution in [0.5, 0.6) is 0 Å². The highest BCUT2D eigenvalue weighted by atomic mass is 13.6. The molecular formula is C18H46. The lowest BCUT2D eigenvalue weighted by atomic mass is 10.4. The molecule has 0 heterocycles. The van der Waals surface area contributed by atoms with Gasteiger partial charge in [-0.25, -0.2) is 0 Å². The van der Waals surface area contributed by atoms with Gasteiger partial charge < -0.3 is 0 Å². The maximum atomic E-state index is 3.48. The number of rotatable bonds is 2. The molecule has 0 unspecified atom stereocenters. The smallest absolute Gasteiger partial charge is 0.0382 e. The van der Waals surface area contributed by atoms with Gasteiger partial charge in [-0.2, -0.15) is 0 Å². The summed E-state index contributed by atoms with van der Waals surface area (Å²) in [6.45, 7) is 31.9. The van der Waals surface area contributed by atoms with E-state index in [0.717, 1.165) is 6.42 Å². The lowest BCUT2D eigenvalue weighted by Crippen LogP contribution is -1.47. The number of unbranched alkanes of at least 4 members (excludes halogenated alkanes) is 1. The van der Waals surface area contributed by atoms with Gasteiger partial charge in [0.05, 0.1) is 0 Å². The van der Waals surface area contributed by atoms with Gasteiger partial charge in [-0.05, 0) is 6.42 Å². The average Bonchev–Trinajstić information content (AvgIpc) is 2.56. The van der Waals surface area contributed by atoms with Crippen molar-refractivity contribution in [3.63, 3.8) is 0 Å². The maximum Gasteiger partial charge on any atom is -0.0382 e.